The topological polar surface area (TPSA) is 43.8 Å². The summed E-state index contributed by atoms with van der Waals surface area (Å²) in [6.07, 6.45) is -3.66. The molecule has 0 bridgehead atoms. The lowest BCUT2D eigenvalue weighted by Gasteiger charge is -2.36. The first-order chi connectivity index (χ1) is 13.3. The fourth-order valence-corrected chi connectivity index (χ4v) is 3.89. The third-order valence-electron chi connectivity index (χ3n) is 5.59. The summed E-state index contributed by atoms with van der Waals surface area (Å²) in [5.41, 5.74) is 0.892. The average molecular weight is 390 g/mol. The van der Waals surface area contributed by atoms with E-state index in [1.165, 1.54) is 12.1 Å². The number of anilines is 1. The molecule has 0 radical (unpaired) electrons. The Hall–Kier alpha value is -2.70. The molecule has 2 unspecified atom stereocenters. The summed E-state index contributed by atoms with van der Waals surface area (Å²) in [6, 6.07) is 12.3. The van der Waals surface area contributed by atoms with Crippen molar-refractivity contribution in [2.45, 2.75) is 18.5 Å². The van der Waals surface area contributed by atoms with E-state index >= 15 is 0 Å². The van der Waals surface area contributed by atoms with Crippen molar-refractivity contribution >= 4 is 11.6 Å². The number of carbonyl (C=O) groups is 1. The molecule has 2 atom stereocenters. The van der Waals surface area contributed by atoms with Crippen LogP contribution in [0.5, 0.6) is 5.75 Å². The molecule has 7 heteroatoms. The van der Waals surface area contributed by atoms with E-state index in [9.17, 15) is 23.1 Å². The SMILES string of the molecule is O=C(C1CC1c1ccc(C(F)(F)F)cc1)N1CCN(c2ccccc2O)CC1. The number of hydrogen-bond acceptors (Lipinski definition) is 3. The number of carbonyl (C=O) groups excluding carboxylic acids is 1. The Kier molecular flexibility index (Phi) is 4.69. The van der Waals surface area contributed by atoms with Crippen molar-refractivity contribution in [1.82, 2.24) is 4.90 Å². The zero-order valence-electron chi connectivity index (χ0n) is 15.2. The second-order valence-corrected chi connectivity index (χ2v) is 7.37. The number of benzene rings is 2. The molecule has 1 amide bonds. The highest BCUT2D eigenvalue weighted by atomic mass is 19.4. The average Bonchev–Trinajstić information content (AvgIpc) is 3.48. The molecule has 2 fully saturated rings. The largest absolute Gasteiger partial charge is 0.506 e. The lowest BCUT2D eigenvalue weighted by Crippen LogP contribution is -2.49. The van der Waals surface area contributed by atoms with Gasteiger partial charge in [-0.1, -0.05) is 24.3 Å². The molecule has 2 aliphatic rings. The van der Waals surface area contributed by atoms with Crippen LogP contribution in [0.2, 0.25) is 0 Å². The molecule has 4 rings (SSSR count). The summed E-state index contributed by atoms with van der Waals surface area (Å²) in [5.74, 6) is 0.160. The number of amides is 1. The fourth-order valence-electron chi connectivity index (χ4n) is 3.89. The number of alkyl halides is 3. The quantitative estimate of drug-likeness (QED) is 0.866. The third kappa shape index (κ3) is 3.66. The van der Waals surface area contributed by atoms with Gasteiger partial charge in [0.15, 0.2) is 0 Å². The Morgan fingerprint density at radius 2 is 1.61 bits per heavy atom. The van der Waals surface area contributed by atoms with E-state index in [-0.39, 0.29) is 23.5 Å². The Bertz CT molecular complexity index is 859. The minimum absolute atomic E-state index is 0.00554. The lowest BCUT2D eigenvalue weighted by atomic mass is 10.1. The molecule has 0 aromatic heterocycles. The van der Waals surface area contributed by atoms with E-state index in [0.29, 0.717) is 32.6 Å². The molecule has 2 aromatic carbocycles. The van der Waals surface area contributed by atoms with Gasteiger partial charge in [0, 0.05) is 32.1 Å². The van der Waals surface area contributed by atoms with Crippen molar-refractivity contribution < 1.29 is 23.1 Å². The minimum Gasteiger partial charge on any atom is -0.506 e. The van der Waals surface area contributed by atoms with Crippen molar-refractivity contribution in [2.75, 3.05) is 31.1 Å². The van der Waals surface area contributed by atoms with Crippen LogP contribution in [0.3, 0.4) is 0 Å². The molecule has 1 heterocycles. The summed E-state index contributed by atoms with van der Waals surface area (Å²) >= 11 is 0. The Balaban J connectivity index is 1.34. The Morgan fingerprint density at radius 3 is 2.21 bits per heavy atom. The number of halogens is 3. The van der Waals surface area contributed by atoms with Crippen LogP contribution in [0.25, 0.3) is 0 Å². The predicted molar refractivity (Wildman–Crippen MR) is 99.2 cm³/mol. The highest BCUT2D eigenvalue weighted by molar-refractivity contribution is 5.83. The minimum atomic E-state index is -4.34. The van der Waals surface area contributed by atoms with Gasteiger partial charge in [-0.15, -0.1) is 0 Å². The van der Waals surface area contributed by atoms with E-state index in [0.717, 1.165) is 23.4 Å². The Morgan fingerprint density at radius 1 is 0.964 bits per heavy atom. The number of nitrogens with zero attached hydrogens (tertiary/aromatic N) is 2. The van der Waals surface area contributed by atoms with E-state index in [2.05, 4.69) is 4.90 Å². The molecular formula is C21H21F3N2O2. The summed E-state index contributed by atoms with van der Waals surface area (Å²) in [7, 11) is 0. The maximum atomic E-state index is 12.8. The van der Waals surface area contributed by atoms with Gasteiger partial charge in [0.1, 0.15) is 5.75 Å². The lowest BCUT2D eigenvalue weighted by molar-refractivity contribution is -0.137. The first-order valence-corrected chi connectivity index (χ1v) is 9.33. The number of para-hydroxylation sites is 2. The second-order valence-electron chi connectivity index (χ2n) is 7.37. The monoisotopic (exact) mass is 390 g/mol. The molecule has 0 spiro atoms. The van der Waals surface area contributed by atoms with Crippen molar-refractivity contribution in [3.05, 3.63) is 59.7 Å². The van der Waals surface area contributed by atoms with Crippen LogP contribution in [0.15, 0.2) is 48.5 Å². The zero-order chi connectivity index (χ0) is 19.9. The molecule has 1 N–H and O–H groups in total. The maximum Gasteiger partial charge on any atom is 0.416 e. The van der Waals surface area contributed by atoms with Gasteiger partial charge in [0.25, 0.3) is 0 Å². The number of rotatable bonds is 3. The first kappa shape index (κ1) is 18.7. The van der Waals surface area contributed by atoms with Crippen LogP contribution in [0.4, 0.5) is 18.9 Å². The van der Waals surface area contributed by atoms with Crippen LogP contribution < -0.4 is 4.90 Å². The number of phenols is 1. The zero-order valence-corrected chi connectivity index (χ0v) is 15.2. The van der Waals surface area contributed by atoms with Crippen LogP contribution in [0.1, 0.15) is 23.5 Å². The normalized spacial score (nSPS) is 22.2. The van der Waals surface area contributed by atoms with Crippen LogP contribution in [-0.4, -0.2) is 42.1 Å². The van der Waals surface area contributed by atoms with Gasteiger partial charge in [0.05, 0.1) is 11.3 Å². The molecule has 1 aliphatic carbocycles. The van der Waals surface area contributed by atoms with Gasteiger partial charge in [-0.3, -0.25) is 4.79 Å². The van der Waals surface area contributed by atoms with Gasteiger partial charge in [-0.25, -0.2) is 0 Å². The van der Waals surface area contributed by atoms with Gasteiger partial charge < -0.3 is 14.9 Å². The molecule has 2 aromatic rings. The number of piperazine rings is 1. The highest BCUT2D eigenvalue weighted by Gasteiger charge is 2.46. The van der Waals surface area contributed by atoms with Gasteiger partial charge in [0.2, 0.25) is 5.91 Å². The molecule has 4 nitrogen and oxygen atoms in total. The molecule has 148 valence electrons. The highest BCUT2D eigenvalue weighted by Crippen LogP contribution is 2.49. The molecule has 1 aliphatic heterocycles. The molecule has 1 saturated carbocycles. The standard InChI is InChI=1S/C21H21F3N2O2/c22-21(23,24)15-7-5-14(6-8-15)16-13-17(16)20(28)26-11-9-25(10-12-26)18-3-1-2-4-19(18)27/h1-8,16-17,27H,9-13H2. The van der Waals surface area contributed by atoms with Gasteiger partial charge >= 0.3 is 6.18 Å². The fraction of sp³-hybridized carbons (Fsp3) is 0.381. The number of phenolic OH excluding ortho intramolecular Hbond substituents is 1. The summed E-state index contributed by atoms with van der Waals surface area (Å²) in [6.45, 7) is 2.43. The van der Waals surface area contributed by atoms with Crippen molar-refractivity contribution in [1.29, 1.82) is 0 Å². The smallest absolute Gasteiger partial charge is 0.416 e. The van der Waals surface area contributed by atoms with E-state index < -0.39 is 11.7 Å². The summed E-state index contributed by atoms with van der Waals surface area (Å²) in [5, 5.41) is 9.97. The second kappa shape index (κ2) is 7.04. The molecule has 1 saturated heterocycles. The van der Waals surface area contributed by atoms with E-state index in [4.69, 9.17) is 0 Å². The van der Waals surface area contributed by atoms with Crippen molar-refractivity contribution in [3.63, 3.8) is 0 Å². The summed E-state index contributed by atoms with van der Waals surface area (Å²) < 4.78 is 38.0. The third-order valence-corrected chi connectivity index (χ3v) is 5.59. The maximum absolute atomic E-state index is 12.8. The summed E-state index contributed by atoms with van der Waals surface area (Å²) in [4.78, 5) is 16.6. The molecule has 28 heavy (non-hydrogen) atoms. The number of hydrogen-bond donors (Lipinski definition) is 1. The van der Waals surface area contributed by atoms with Crippen LogP contribution in [0, 0.1) is 5.92 Å². The van der Waals surface area contributed by atoms with E-state index in [1.54, 1.807) is 12.1 Å². The van der Waals surface area contributed by atoms with E-state index in [1.807, 2.05) is 17.0 Å². The van der Waals surface area contributed by atoms with Crippen LogP contribution >= 0.6 is 0 Å². The molecular weight excluding hydrogens is 369 g/mol. The predicted octanol–water partition coefficient (Wildman–Crippen LogP) is 3.86. The van der Waals surface area contributed by atoms with Crippen molar-refractivity contribution in [2.24, 2.45) is 5.92 Å². The van der Waals surface area contributed by atoms with Crippen LogP contribution in [-0.2, 0) is 11.0 Å². The first-order valence-electron chi connectivity index (χ1n) is 9.33. The number of aromatic hydroxyl groups is 1. The van der Waals surface area contributed by atoms with Gasteiger partial charge in [-0.05, 0) is 42.2 Å². The van der Waals surface area contributed by atoms with Gasteiger partial charge in [-0.2, -0.15) is 13.2 Å². The van der Waals surface area contributed by atoms with Crippen molar-refractivity contribution in [3.8, 4) is 5.75 Å². The Labute approximate surface area is 161 Å².